The molecule has 1 aromatic rings. The van der Waals surface area contributed by atoms with Gasteiger partial charge in [0.05, 0.1) is 6.26 Å². The minimum absolute atomic E-state index is 0.323. The predicted octanol–water partition coefficient (Wildman–Crippen LogP) is 1.66. The molecule has 0 unspecified atom stereocenters. The van der Waals surface area contributed by atoms with Crippen LogP contribution in [0.5, 0.6) is 0 Å². The zero-order chi connectivity index (χ0) is 11.5. The summed E-state index contributed by atoms with van der Waals surface area (Å²) in [5.74, 6) is 1.53. The van der Waals surface area contributed by atoms with Gasteiger partial charge in [0.2, 0.25) is 15.2 Å². The van der Waals surface area contributed by atoms with E-state index in [-0.39, 0.29) is 0 Å². The number of rotatable bonds is 5. The Balaban J connectivity index is 2.57. The molecule has 0 radical (unpaired) electrons. The van der Waals surface area contributed by atoms with Crippen LogP contribution >= 0.6 is 23.1 Å². The van der Waals surface area contributed by atoms with Crippen LogP contribution < -0.4 is 4.72 Å². The molecule has 0 bridgehead atoms. The number of sulfonamides is 1. The number of hydrogen-bond acceptors (Lipinski definition) is 6. The molecule has 0 saturated carbocycles. The highest BCUT2D eigenvalue weighted by Crippen LogP contribution is 2.27. The lowest BCUT2D eigenvalue weighted by molar-refractivity contribution is 0.606. The summed E-state index contributed by atoms with van der Waals surface area (Å²) in [6.45, 7) is 4.23. The van der Waals surface area contributed by atoms with Crippen molar-refractivity contribution in [2.75, 3.05) is 16.7 Å². The Morgan fingerprint density at radius 3 is 2.67 bits per heavy atom. The molecule has 1 aromatic heterocycles. The lowest BCUT2D eigenvalue weighted by Crippen LogP contribution is -2.08. The second-order valence-electron chi connectivity index (χ2n) is 3.45. The molecule has 0 aliphatic heterocycles. The monoisotopic (exact) mass is 267 g/mol. The van der Waals surface area contributed by atoms with Crippen molar-refractivity contribution in [1.29, 1.82) is 0 Å². The van der Waals surface area contributed by atoms with Gasteiger partial charge in [0, 0.05) is 5.75 Å². The van der Waals surface area contributed by atoms with Gasteiger partial charge in [-0.05, 0) is 5.92 Å². The van der Waals surface area contributed by atoms with Gasteiger partial charge in [0.15, 0.2) is 4.34 Å². The quantitative estimate of drug-likeness (QED) is 0.821. The maximum atomic E-state index is 10.9. The van der Waals surface area contributed by atoms with Crippen LogP contribution in [-0.4, -0.2) is 30.6 Å². The van der Waals surface area contributed by atoms with Crippen molar-refractivity contribution >= 4 is 38.3 Å². The van der Waals surface area contributed by atoms with Crippen LogP contribution in [0.2, 0.25) is 0 Å². The Hall–Kier alpha value is -0.340. The van der Waals surface area contributed by atoms with Crippen LogP contribution in [0, 0.1) is 5.92 Å². The van der Waals surface area contributed by atoms with Crippen molar-refractivity contribution in [3.05, 3.63) is 0 Å². The molecule has 0 spiro atoms. The SMILES string of the molecule is CC(C)CSc1nnc(NS(C)(=O)=O)s1. The van der Waals surface area contributed by atoms with Crippen LogP contribution in [0.4, 0.5) is 5.13 Å². The zero-order valence-electron chi connectivity index (χ0n) is 8.72. The summed E-state index contributed by atoms with van der Waals surface area (Å²) in [7, 11) is -3.25. The van der Waals surface area contributed by atoms with Gasteiger partial charge in [-0.1, -0.05) is 36.9 Å². The van der Waals surface area contributed by atoms with Gasteiger partial charge in [0.25, 0.3) is 0 Å². The first-order valence-corrected chi connectivity index (χ1v) is 8.00. The molecule has 1 N–H and O–H groups in total. The summed E-state index contributed by atoms with van der Waals surface area (Å²) >= 11 is 2.84. The number of hydrogen-bond donors (Lipinski definition) is 1. The van der Waals surface area contributed by atoms with E-state index in [0.29, 0.717) is 11.0 Å². The first-order chi connectivity index (χ1) is 6.87. The fourth-order valence-corrected chi connectivity index (χ4v) is 3.26. The van der Waals surface area contributed by atoms with E-state index in [9.17, 15) is 8.42 Å². The van der Waals surface area contributed by atoms with E-state index >= 15 is 0 Å². The molecule has 0 amide bonds. The van der Waals surface area contributed by atoms with Gasteiger partial charge in [-0.25, -0.2) is 8.42 Å². The lowest BCUT2D eigenvalue weighted by atomic mass is 10.3. The molecule has 0 saturated heterocycles. The first-order valence-electron chi connectivity index (χ1n) is 4.31. The van der Waals surface area contributed by atoms with Crippen molar-refractivity contribution < 1.29 is 8.42 Å². The second kappa shape index (κ2) is 5.13. The molecule has 86 valence electrons. The molecular weight excluding hydrogens is 254 g/mol. The Morgan fingerprint density at radius 2 is 2.13 bits per heavy atom. The molecule has 5 nitrogen and oxygen atoms in total. The molecule has 8 heteroatoms. The van der Waals surface area contributed by atoms with Crippen LogP contribution in [0.1, 0.15) is 13.8 Å². The average molecular weight is 267 g/mol. The van der Waals surface area contributed by atoms with Crippen LogP contribution in [0.15, 0.2) is 4.34 Å². The summed E-state index contributed by atoms with van der Waals surface area (Å²) in [6, 6.07) is 0. The molecule has 0 atom stereocenters. The number of nitrogens with one attached hydrogen (secondary N) is 1. The minimum Gasteiger partial charge on any atom is -0.257 e. The van der Waals surface area contributed by atoms with E-state index in [1.807, 2.05) is 0 Å². The fourth-order valence-electron chi connectivity index (χ4n) is 0.706. The fraction of sp³-hybridized carbons (Fsp3) is 0.714. The second-order valence-corrected chi connectivity index (χ2v) is 7.45. The number of aromatic nitrogens is 2. The summed E-state index contributed by atoms with van der Waals surface area (Å²) in [6.07, 6.45) is 1.09. The van der Waals surface area contributed by atoms with E-state index in [1.54, 1.807) is 11.8 Å². The smallest absolute Gasteiger partial charge is 0.231 e. The lowest BCUT2D eigenvalue weighted by Gasteiger charge is -1.99. The van der Waals surface area contributed by atoms with Crippen LogP contribution in [-0.2, 0) is 10.0 Å². The Morgan fingerprint density at radius 1 is 1.47 bits per heavy atom. The van der Waals surface area contributed by atoms with Gasteiger partial charge in [0.1, 0.15) is 0 Å². The number of anilines is 1. The van der Waals surface area contributed by atoms with E-state index in [2.05, 4.69) is 28.8 Å². The predicted molar refractivity (Wildman–Crippen MR) is 63.9 cm³/mol. The Labute approximate surface area is 97.7 Å². The van der Waals surface area contributed by atoms with Gasteiger partial charge in [-0.2, -0.15) is 0 Å². The molecule has 0 fully saturated rings. The first kappa shape index (κ1) is 12.7. The standard InChI is InChI=1S/C7H13N3O2S3/c1-5(2)4-13-7-9-8-6(14-7)10-15(3,11)12/h5H,4H2,1-3H3,(H,8,10). The summed E-state index contributed by atoms with van der Waals surface area (Å²) in [4.78, 5) is 0. The van der Waals surface area contributed by atoms with E-state index in [4.69, 9.17) is 0 Å². The van der Waals surface area contributed by atoms with E-state index < -0.39 is 10.0 Å². The van der Waals surface area contributed by atoms with E-state index in [1.165, 1.54) is 11.3 Å². The van der Waals surface area contributed by atoms with Gasteiger partial charge >= 0.3 is 0 Å². The van der Waals surface area contributed by atoms with Gasteiger partial charge < -0.3 is 0 Å². The van der Waals surface area contributed by atoms with E-state index in [0.717, 1.165) is 16.3 Å². The van der Waals surface area contributed by atoms with Gasteiger partial charge in [-0.15, -0.1) is 10.2 Å². The van der Waals surface area contributed by atoms with Crippen molar-refractivity contribution in [3.8, 4) is 0 Å². The maximum absolute atomic E-state index is 10.9. The van der Waals surface area contributed by atoms with Crippen LogP contribution in [0.3, 0.4) is 0 Å². The minimum atomic E-state index is -3.25. The summed E-state index contributed by atoms with van der Waals surface area (Å²) < 4.78 is 24.9. The normalized spacial score (nSPS) is 12.0. The molecule has 0 aromatic carbocycles. The molecule has 1 rings (SSSR count). The summed E-state index contributed by atoms with van der Waals surface area (Å²) in [5, 5.41) is 7.94. The highest BCUT2D eigenvalue weighted by Gasteiger charge is 2.09. The topological polar surface area (TPSA) is 72.0 Å². The molecule has 0 aliphatic rings. The summed E-state index contributed by atoms with van der Waals surface area (Å²) in [5.41, 5.74) is 0. The Kier molecular flexibility index (Phi) is 4.35. The number of thioether (sulfide) groups is 1. The zero-order valence-corrected chi connectivity index (χ0v) is 11.2. The molecule has 1 heterocycles. The molecular formula is C7H13N3O2S3. The maximum Gasteiger partial charge on any atom is 0.231 e. The van der Waals surface area contributed by atoms with Crippen LogP contribution in [0.25, 0.3) is 0 Å². The average Bonchev–Trinajstić information content (AvgIpc) is 2.45. The Bertz CT molecular complexity index is 413. The van der Waals surface area contributed by atoms with Crippen molar-refractivity contribution in [2.24, 2.45) is 5.92 Å². The van der Waals surface area contributed by atoms with Gasteiger partial charge in [-0.3, -0.25) is 4.72 Å². The van der Waals surface area contributed by atoms with Crippen molar-refractivity contribution in [2.45, 2.75) is 18.2 Å². The molecule has 0 aliphatic carbocycles. The highest BCUT2D eigenvalue weighted by molar-refractivity contribution is 8.01. The van der Waals surface area contributed by atoms with Crippen molar-refractivity contribution in [3.63, 3.8) is 0 Å². The number of nitrogens with zero attached hydrogens (tertiary/aromatic N) is 2. The van der Waals surface area contributed by atoms with Crippen molar-refractivity contribution in [1.82, 2.24) is 10.2 Å². The third-order valence-electron chi connectivity index (χ3n) is 1.22. The third-order valence-corrected chi connectivity index (χ3v) is 4.31. The highest BCUT2D eigenvalue weighted by atomic mass is 32.2. The largest absolute Gasteiger partial charge is 0.257 e. The molecule has 15 heavy (non-hydrogen) atoms. The third kappa shape index (κ3) is 5.33.